The number of aliphatic imine (C=N–C) groups is 2. The molecule has 0 aliphatic carbocycles. The van der Waals surface area contributed by atoms with E-state index in [4.69, 9.17) is 4.42 Å². The first-order valence-corrected chi connectivity index (χ1v) is 12.0. The van der Waals surface area contributed by atoms with Crippen molar-refractivity contribution in [1.29, 1.82) is 0 Å². The van der Waals surface area contributed by atoms with Crippen molar-refractivity contribution in [2.24, 2.45) is 9.98 Å². The highest BCUT2D eigenvalue weighted by molar-refractivity contribution is 7.18. The summed E-state index contributed by atoms with van der Waals surface area (Å²) < 4.78 is 6.24. The topological polar surface area (TPSA) is 77.7 Å². The van der Waals surface area contributed by atoms with Crippen LogP contribution in [-0.2, 0) is 0 Å². The Bertz CT molecular complexity index is 1580. The minimum Gasteiger partial charge on any atom is -0.455 e. The Hall–Kier alpha value is -3.84. The molecule has 162 valence electrons. The van der Waals surface area contributed by atoms with Gasteiger partial charge in [0, 0.05) is 57.1 Å². The third-order valence-electron chi connectivity index (χ3n) is 6.21. The molecule has 3 N–H and O–H groups in total. The molecule has 5 aromatic rings. The summed E-state index contributed by atoms with van der Waals surface area (Å²) in [6, 6.07) is 19.2. The van der Waals surface area contributed by atoms with E-state index in [0.717, 1.165) is 76.1 Å². The van der Waals surface area contributed by atoms with Crippen LogP contribution >= 0.6 is 11.3 Å². The van der Waals surface area contributed by atoms with Crippen molar-refractivity contribution in [3.05, 3.63) is 71.9 Å². The molecule has 0 spiro atoms. The number of H-pyrrole nitrogens is 1. The number of nitrogens with one attached hydrogen (secondary N) is 3. The highest BCUT2D eigenvalue weighted by atomic mass is 32.1. The summed E-state index contributed by atoms with van der Waals surface area (Å²) in [5.74, 6) is 2.83. The highest BCUT2D eigenvalue weighted by Gasteiger charge is 2.16. The van der Waals surface area contributed by atoms with Gasteiger partial charge in [-0.3, -0.25) is 9.98 Å². The Balaban J connectivity index is 1.22. The zero-order valence-corrected chi connectivity index (χ0v) is 18.6. The van der Waals surface area contributed by atoms with Gasteiger partial charge in [0.2, 0.25) is 0 Å². The molecule has 7 rings (SSSR count). The van der Waals surface area contributed by atoms with Crippen molar-refractivity contribution in [2.45, 2.75) is 0 Å². The van der Waals surface area contributed by atoms with E-state index in [-0.39, 0.29) is 0 Å². The Morgan fingerprint density at radius 2 is 1.55 bits per heavy atom. The number of aromatic amines is 1. The molecule has 0 saturated heterocycles. The van der Waals surface area contributed by atoms with Crippen LogP contribution in [0.1, 0.15) is 11.1 Å². The van der Waals surface area contributed by atoms with Gasteiger partial charge in [-0.1, -0.05) is 24.3 Å². The van der Waals surface area contributed by atoms with Crippen molar-refractivity contribution in [2.75, 3.05) is 26.2 Å². The van der Waals surface area contributed by atoms with E-state index in [1.165, 1.54) is 15.8 Å². The zero-order valence-electron chi connectivity index (χ0n) is 17.8. The summed E-state index contributed by atoms with van der Waals surface area (Å²) in [7, 11) is 0. The summed E-state index contributed by atoms with van der Waals surface area (Å²) in [6.07, 6.45) is 2.09. The van der Waals surface area contributed by atoms with E-state index in [1.807, 2.05) is 0 Å². The standard InChI is InChI=1S/C26H21N5OS/c1-2-17(26-29-9-10-30-26)13-21-15(1)12-22(32-21)24-6-5-23(33-24)19-14-31-20-11-16(3-4-18(19)20)25-27-7-8-28-25/h1-6,11-14,31H,7-10H2,(H,27,28)(H,29,30). The molecule has 7 heteroatoms. The van der Waals surface area contributed by atoms with Crippen LogP contribution in [0.5, 0.6) is 0 Å². The molecule has 0 fully saturated rings. The average Bonchev–Trinajstić information content (AvgIpc) is 3.68. The van der Waals surface area contributed by atoms with Gasteiger partial charge in [-0.15, -0.1) is 11.3 Å². The largest absolute Gasteiger partial charge is 0.455 e. The monoisotopic (exact) mass is 451 g/mol. The number of amidine groups is 2. The smallest absolute Gasteiger partial charge is 0.145 e. The van der Waals surface area contributed by atoms with E-state index >= 15 is 0 Å². The van der Waals surface area contributed by atoms with Gasteiger partial charge in [-0.25, -0.2) is 0 Å². The Kier molecular flexibility index (Phi) is 4.17. The molecule has 5 heterocycles. The number of nitrogens with zero attached hydrogens (tertiary/aromatic N) is 2. The van der Waals surface area contributed by atoms with E-state index in [0.29, 0.717) is 0 Å². The third kappa shape index (κ3) is 3.15. The number of benzene rings is 2. The first-order valence-electron chi connectivity index (χ1n) is 11.1. The minimum absolute atomic E-state index is 0.829. The summed E-state index contributed by atoms with van der Waals surface area (Å²) in [6.45, 7) is 3.48. The van der Waals surface area contributed by atoms with Gasteiger partial charge in [0.1, 0.15) is 23.0 Å². The molecular formula is C26H21N5OS. The number of furan rings is 1. The van der Waals surface area contributed by atoms with Crippen LogP contribution in [0.15, 0.2) is 75.2 Å². The molecule has 0 saturated carbocycles. The maximum atomic E-state index is 6.24. The number of fused-ring (bicyclic) bond motifs is 2. The lowest BCUT2D eigenvalue weighted by atomic mass is 10.1. The van der Waals surface area contributed by atoms with Crippen molar-refractivity contribution < 1.29 is 4.42 Å². The predicted molar refractivity (Wildman–Crippen MR) is 136 cm³/mol. The van der Waals surface area contributed by atoms with Crippen molar-refractivity contribution in [3.8, 4) is 21.1 Å². The summed E-state index contributed by atoms with van der Waals surface area (Å²) in [5.41, 5.74) is 5.41. The molecule has 0 radical (unpaired) electrons. The highest BCUT2D eigenvalue weighted by Crippen LogP contribution is 2.39. The lowest BCUT2D eigenvalue weighted by Gasteiger charge is -2.03. The maximum absolute atomic E-state index is 6.24. The molecule has 0 amide bonds. The van der Waals surface area contributed by atoms with Crippen LogP contribution in [0.4, 0.5) is 0 Å². The number of thiophene rings is 1. The van der Waals surface area contributed by atoms with Crippen molar-refractivity contribution in [1.82, 2.24) is 15.6 Å². The second-order valence-electron chi connectivity index (χ2n) is 8.30. The Labute approximate surface area is 194 Å². The van der Waals surface area contributed by atoms with Crippen LogP contribution in [0, 0.1) is 0 Å². The van der Waals surface area contributed by atoms with E-state index < -0.39 is 0 Å². The Morgan fingerprint density at radius 3 is 2.33 bits per heavy atom. The van der Waals surface area contributed by atoms with E-state index in [9.17, 15) is 0 Å². The fraction of sp³-hybridized carbons (Fsp3) is 0.154. The molecule has 3 aromatic heterocycles. The lowest BCUT2D eigenvalue weighted by Crippen LogP contribution is -2.19. The van der Waals surface area contributed by atoms with Crippen LogP contribution in [0.3, 0.4) is 0 Å². The molecule has 33 heavy (non-hydrogen) atoms. The van der Waals surface area contributed by atoms with Gasteiger partial charge >= 0.3 is 0 Å². The van der Waals surface area contributed by atoms with Crippen molar-refractivity contribution >= 4 is 44.9 Å². The zero-order chi connectivity index (χ0) is 21.8. The fourth-order valence-electron chi connectivity index (χ4n) is 4.57. The lowest BCUT2D eigenvalue weighted by molar-refractivity contribution is 0.633. The van der Waals surface area contributed by atoms with Gasteiger partial charge < -0.3 is 20.0 Å². The first kappa shape index (κ1) is 18.7. The van der Waals surface area contributed by atoms with Gasteiger partial charge in [-0.05, 0) is 30.3 Å². The second kappa shape index (κ2) is 7.35. The van der Waals surface area contributed by atoms with Crippen LogP contribution in [0.2, 0.25) is 0 Å². The number of hydrogen-bond acceptors (Lipinski definition) is 6. The van der Waals surface area contributed by atoms with Crippen LogP contribution in [0.25, 0.3) is 43.0 Å². The molecule has 0 bridgehead atoms. The molecular weight excluding hydrogens is 430 g/mol. The summed E-state index contributed by atoms with van der Waals surface area (Å²) >= 11 is 1.75. The molecule has 0 atom stereocenters. The second-order valence-corrected chi connectivity index (χ2v) is 9.39. The maximum Gasteiger partial charge on any atom is 0.145 e. The van der Waals surface area contributed by atoms with Gasteiger partial charge in [0.05, 0.1) is 18.0 Å². The number of hydrogen-bond donors (Lipinski definition) is 3. The molecule has 2 aliphatic heterocycles. The molecule has 6 nitrogen and oxygen atoms in total. The SMILES string of the molecule is c1cc2c(-c3ccc(-c4cc5ccc(C6=NCCN6)cc5o4)s3)c[nH]c2cc1C1=NCCN1. The van der Waals surface area contributed by atoms with Gasteiger partial charge in [-0.2, -0.15) is 0 Å². The molecule has 2 aromatic carbocycles. The van der Waals surface area contributed by atoms with Gasteiger partial charge in [0.25, 0.3) is 0 Å². The minimum atomic E-state index is 0.829. The molecule has 2 aliphatic rings. The van der Waals surface area contributed by atoms with E-state index in [2.05, 4.69) is 86.4 Å². The first-order chi connectivity index (χ1) is 16.3. The summed E-state index contributed by atoms with van der Waals surface area (Å²) in [4.78, 5) is 14.8. The predicted octanol–water partition coefficient (Wildman–Crippen LogP) is 5.01. The number of rotatable bonds is 4. The van der Waals surface area contributed by atoms with Gasteiger partial charge in [0.15, 0.2) is 0 Å². The van der Waals surface area contributed by atoms with Crippen LogP contribution < -0.4 is 10.6 Å². The average molecular weight is 452 g/mol. The normalized spacial score (nSPS) is 15.6. The number of aromatic nitrogens is 1. The quantitative estimate of drug-likeness (QED) is 0.359. The summed E-state index contributed by atoms with van der Waals surface area (Å²) in [5, 5.41) is 8.99. The van der Waals surface area contributed by atoms with Crippen molar-refractivity contribution in [3.63, 3.8) is 0 Å². The molecule has 0 unspecified atom stereocenters. The third-order valence-corrected chi connectivity index (χ3v) is 7.34. The van der Waals surface area contributed by atoms with Crippen LogP contribution in [-0.4, -0.2) is 42.8 Å². The van der Waals surface area contributed by atoms with E-state index in [1.54, 1.807) is 11.3 Å². The fourth-order valence-corrected chi connectivity index (χ4v) is 5.56. The Morgan fingerprint density at radius 1 is 0.788 bits per heavy atom.